The lowest BCUT2D eigenvalue weighted by Crippen LogP contribution is -2.34. The van der Waals surface area contributed by atoms with Gasteiger partial charge >= 0.3 is 12.1 Å². The van der Waals surface area contributed by atoms with E-state index >= 15 is 0 Å². The van der Waals surface area contributed by atoms with Gasteiger partial charge in [0, 0.05) is 6.54 Å². The molecule has 0 radical (unpaired) electrons. The van der Waals surface area contributed by atoms with Crippen LogP contribution in [0.5, 0.6) is 0 Å². The van der Waals surface area contributed by atoms with Crippen molar-refractivity contribution in [2.24, 2.45) is 5.92 Å². The number of esters is 1. The Hall–Kier alpha value is -1.26. The zero-order chi connectivity index (χ0) is 13.8. The molecule has 5 heteroatoms. The van der Waals surface area contributed by atoms with E-state index in [2.05, 4.69) is 0 Å². The molecule has 0 N–H and O–H groups in total. The number of nitrogens with zero attached hydrogens (tertiary/aromatic N) is 1. The van der Waals surface area contributed by atoms with E-state index in [9.17, 15) is 9.59 Å². The molecule has 0 bridgehead atoms. The smallest absolute Gasteiger partial charge is 0.410 e. The van der Waals surface area contributed by atoms with Crippen molar-refractivity contribution in [3.05, 3.63) is 0 Å². The molecule has 1 heterocycles. The van der Waals surface area contributed by atoms with Crippen molar-refractivity contribution >= 4 is 12.1 Å². The molecule has 2 aliphatic rings. The first kappa shape index (κ1) is 14.2. The summed E-state index contributed by atoms with van der Waals surface area (Å²) in [6.07, 6.45) is 4.81. The Morgan fingerprint density at radius 3 is 2.68 bits per heavy atom. The highest BCUT2D eigenvalue weighted by molar-refractivity contribution is 5.82. The Bertz CT molecular complexity index is 336. The van der Waals surface area contributed by atoms with Gasteiger partial charge in [-0.2, -0.15) is 0 Å². The van der Waals surface area contributed by atoms with Crippen molar-refractivity contribution in [3.8, 4) is 0 Å². The molecular formula is C14H23NO4. The summed E-state index contributed by atoms with van der Waals surface area (Å²) in [7, 11) is 0. The summed E-state index contributed by atoms with van der Waals surface area (Å²) in [6.45, 7) is 4.62. The van der Waals surface area contributed by atoms with Crippen LogP contribution in [0.3, 0.4) is 0 Å². The first-order chi connectivity index (χ1) is 9.06. The number of carbonyl (C=O) groups excluding carboxylic acids is 2. The lowest BCUT2D eigenvalue weighted by atomic mass is 9.89. The van der Waals surface area contributed by atoms with E-state index in [4.69, 9.17) is 9.47 Å². The Balaban J connectivity index is 1.83. The Kier molecular flexibility index (Phi) is 4.66. The van der Waals surface area contributed by atoms with Crippen molar-refractivity contribution < 1.29 is 19.1 Å². The molecule has 108 valence electrons. The van der Waals surface area contributed by atoms with Crippen molar-refractivity contribution in [1.29, 1.82) is 0 Å². The van der Waals surface area contributed by atoms with Crippen LogP contribution >= 0.6 is 0 Å². The van der Waals surface area contributed by atoms with E-state index in [-0.39, 0.29) is 12.2 Å². The molecule has 0 aromatic rings. The maximum atomic E-state index is 11.7. The molecule has 0 spiro atoms. The lowest BCUT2D eigenvalue weighted by molar-refractivity contribution is -0.155. The first-order valence-corrected chi connectivity index (χ1v) is 7.22. The molecule has 1 saturated carbocycles. The topological polar surface area (TPSA) is 55.8 Å². The van der Waals surface area contributed by atoms with E-state index in [1.807, 2.05) is 0 Å². The van der Waals surface area contributed by atoms with E-state index in [0.717, 1.165) is 0 Å². The van der Waals surface area contributed by atoms with Crippen LogP contribution in [0.4, 0.5) is 4.79 Å². The summed E-state index contributed by atoms with van der Waals surface area (Å²) in [5.74, 6) is 0.121. The van der Waals surface area contributed by atoms with E-state index in [1.54, 1.807) is 18.7 Å². The highest BCUT2D eigenvalue weighted by Crippen LogP contribution is 2.26. The molecule has 1 amide bonds. The molecule has 1 aliphatic heterocycles. The van der Waals surface area contributed by atoms with Crippen molar-refractivity contribution in [3.63, 3.8) is 0 Å². The van der Waals surface area contributed by atoms with Gasteiger partial charge in [0.1, 0.15) is 0 Å². The van der Waals surface area contributed by atoms with Gasteiger partial charge < -0.3 is 14.4 Å². The van der Waals surface area contributed by atoms with E-state index in [1.165, 1.54) is 32.1 Å². The fraction of sp³-hybridized carbons (Fsp3) is 0.857. The minimum Gasteiger partial charge on any atom is -0.460 e. The van der Waals surface area contributed by atoms with Crippen LogP contribution in [0.15, 0.2) is 0 Å². The van der Waals surface area contributed by atoms with Crippen LogP contribution in [-0.4, -0.2) is 42.3 Å². The molecule has 2 fully saturated rings. The van der Waals surface area contributed by atoms with Gasteiger partial charge in [-0.1, -0.05) is 19.3 Å². The molecule has 0 aromatic heterocycles. The van der Waals surface area contributed by atoms with Crippen LogP contribution in [-0.2, 0) is 14.3 Å². The fourth-order valence-corrected chi connectivity index (χ4v) is 2.77. The predicted molar refractivity (Wildman–Crippen MR) is 69.6 cm³/mol. The van der Waals surface area contributed by atoms with Crippen molar-refractivity contribution in [2.75, 3.05) is 13.1 Å². The standard InChI is InChI=1S/C14H23NO4/c1-10(2)18-13(16)12-9-15(14(17)19-12)8-11-6-4-3-5-7-11/h10-12H,3-9H2,1-2H3/t12-/m0/s1. The van der Waals surface area contributed by atoms with Gasteiger partial charge in [0.25, 0.3) is 0 Å². The third kappa shape index (κ3) is 3.85. The second-order valence-corrected chi connectivity index (χ2v) is 5.77. The number of amides is 1. The Morgan fingerprint density at radius 1 is 1.37 bits per heavy atom. The van der Waals surface area contributed by atoms with Gasteiger partial charge in [0.05, 0.1) is 12.6 Å². The lowest BCUT2D eigenvalue weighted by Gasteiger charge is -2.25. The number of hydrogen-bond acceptors (Lipinski definition) is 4. The van der Waals surface area contributed by atoms with Crippen molar-refractivity contribution in [2.45, 2.75) is 58.2 Å². The van der Waals surface area contributed by atoms with Gasteiger partial charge in [-0.15, -0.1) is 0 Å². The minimum atomic E-state index is -0.751. The second kappa shape index (κ2) is 6.26. The highest BCUT2D eigenvalue weighted by atomic mass is 16.6. The second-order valence-electron chi connectivity index (χ2n) is 5.77. The van der Waals surface area contributed by atoms with Crippen LogP contribution < -0.4 is 0 Å². The predicted octanol–water partition coefficient (Wildman–Crippen LogP) is 2.34. The first-order valence-electron chi connectivity index (χ1n) is 7.22. The van der Waals surface area contributed by atoms with E-state index in [0.29, 0.717) is 19.0 Å². The molecule has 0 unspecified atom stereocenters. The molecule has 5 nitrogen and oxygen atoms in total. The summed E-state index contributed by atoms with van der Waals surface area (Å²) in [5.41, 5.74) is 0. The van der Waals surface area contributed by atoms with Crippen molar-refractivity contribution in [1.82, 2.24) is 4.90 Å². The third-order valence-electron chi connectivity index (χ3n) is 3.71. The number of cyclic esters (lactones) is 1. The maximum Gasteiger partial charge on any atom is 0.410 e. The Morgan fingerprint density at radius 2 is 2.05 bits per heavy atom. The molecule has 0 aromatic carbocycles. The molecule has 2 rings (SSSR count). The summed E-state index contributed by atoms with van der Waals surface area (Å²) >= 11 is 0. The normalized spacial score (nSPS) is 24.7. The zero-order valence-electron chi connectivity index (χ0n) is 11.8. The number of ether oxygens (including phenoxy) is 2. The zero-order valence-corrected chi connectivity index (χ0v) is 11.8. The molecular weight excluding hydrogens is 246 g/mol. The number of carbonyl (C=O) groups is 2. The minimum absolute atomic E-state index is 0.182. The van der Waals surface area contributed by atoms with Crippen LogP contribution in [0.2, 0.25) is 0 Å². The molecule has 19 heavy (non-hydrogen) atoms. The number of hydrogen-bond donors (Lipinski definition) is 0. The maximum absolute atomic E-state index is 11.7. The molecule has 1 atom stereocenters. The van der Waals surface area contributed by atoms with Gasteiger partial charge in [0.15, 0.2) is 0 Å². The highest BCUT2D eigenvalue weighted by Gasteiger charge is 2.38. The summed E-state index contributed by atoms with van der Waals surface area (Å²) < 4.78 is 10.2. The van der Waals surface area contributed by atoms with Gasteiger partial charge in [-0.25, -0.2) is 9.59 Å². The average molecular weight is 269 g/mol. The Labute approximate surface area is 114 Å². The van der Waals surface area contributed by atoms with Crippen LogP contribution in [0, 0.1) is 5.92 Å². The number of rotatable bonds is 4. The largest absolute Gasteiger partial charge is 0.460 e. The quantitative estimate of drug-likeness (QED) is 0.735. The third-order valence-corrected chi connectivity index (χ3v) is 3.71. The summed E-state index contributed by atoms with van der Waals surface area (Å²) in [5, 5.41) is 0. The van der Waals surface area contributed by atoms with Gasteiger partial charge in [0.2, 0.25) is 6.10 Å². The van der Waals surface area contributed by atoms with E-state index < -0.39 is 12.1 Å². The fourth-order valence-electron chi connectivity index (χ4n) is 2.77. The van der Waals surface area contributed by atoms with Gasteiger partial charge in [-0.05, 0) is 32.6 Å². The van der Waals surface area contributed by atoms with Gasteiger partial charge in [-0.3, -0.25) is 0 Å². The van der Waals surface area contributed by atoms with Crippen LogP contribution in [0.1, 0.15) is 46.0 Å². The molecule has 1 aliphatic carbocycles. The summed E-state index contributed by atoms with van der Waals surface area (Å²) in [6, 6.07) is 0. The summed E-state index contributed by atoms with van der Waals surface area (Å²) in [4.78, 5) is 25.1. The van der Waals surface area contributed by atoms with Crippen LogP contribution in [0.25, 0.3) is 0 Å². The SMILES string of the molecule is CC(C)OC(=O)[C@@H]1CN(CC2CCCCC2)C(=O)O1. The molecule has 1 saturated heterocycles. The average Bonchev–Trinajstić information content (AvgIpc) is 2.72. The monoisotopic (exact) mass is 269 g/mol.